The topological polar surface area (TPSA) is 38.3 Å². The summed E-state index contributed by atoms with van der Waals surface area (Å²) in [6.07, 6.45) is 3.10. The summed E-state index contributed by atoms with van der Waals surface area (Å²) in [5, 5.41) is 3.90. The number of ether oxygens (including phenoxy) is 1. The molecule has 2 aromatic carbocycles. The van der Waals surface area contributed by atoms with Crippen LogP contribution in [-0.2, 0) is 4.79 Å². The Morgan fingerprint density at radius 1 is 1.21 bits per heavy atom. The molecule has 1 N–H and O–H groups in total. The fraction of sp³-hybridized carbons (Fsp3) is 0.211. The molecule has 0 spiro atoms. The Morgan fingerprint density at radius 2 is 1.92 bits per heavy atom. The monoisotopic (exact) mass is 363 g/mol. The average molecular weight is 364 g/mol. The van der Waals surface area contributed by atoms with Gasteiger partial charge in [-0.05, 0) is 49.8 Å². The molecule has 0 saturated heterocycles. The van der Waals surface area contributed by atoms with Crippen LogP contribution in [0.4, 0.5) is 0 Å². The predicted octanol–water partition coefficient (Wildman–Crippen LogP) is 4.90. The highest BCUT2D eigenvalue weighted by molar-refractivity contribution is 6.35. The number of carbonyl (C=O) groups excluding carboxylic acids is 1. The fourth-order valence-corrected chi connectivity index (χ4v) is 2.46. The van der Waals surface area contributed by atoms with Crippen molar-refractivity contribution >= 4 is 35.2 Å². The molecule has 0 radical (unpaired) electrons. The minimum absolute atomic E-state index is 0.121. The first-order valence-electron chi connectivity index (χ1n) is 7.57. The maximum absolute atomic E-state index is 11.9. The second kappa shape index (κ2) is 8.76. The van der Waals surface area contributed by atoms with Crippen molar-refractivity contribution in [3.8, 4) is 5.75 Å². The van der Waals surface area contributed by atoms with Gasteiger partial charge >= 0.3 is 0 Å². The van der Waals surface area contributed by atoms with E-state index in [9.17, 15) is 4.79 Å². The molecular formula is C19H19Cl2NO2. The van der Waals surface area contributed by atoms with E-state index in [1.165, 1.54) is 11.6 Å². The van der Waals surface area contributed by atoms with E-state index in [2.05, 4.69) is 5.32 Å². The van der Waals surface area contributed by atoms with Gasteiger partial charge < -0.3 is 10.1 Å². The molecule has 24 heavy (non-hydrogen) atoms. The summed E-state index contributed by atoms with van der Waals surface area (Å²) >= 11 is 11.9. The summed E-state index contributed by atoms with van der Waals surface area (Å²) in [7, 11) is 0. The molecular weight excluding hydrogens is 345 g/mol. The van der Waals surface area contributed by atoms with Crippen molar-refractivity contribution in [3.63, 3.8) is 0 Å². The first kappa shape index (κ1) is 18.4. The normalized spacial score (nSPS) is 12.2. The molecule has 0 heterocycles. The maximum atomic E-state index is 11.9. The van der Waals surface area contributed by atoms with Crippen LogP contribution in [0.25, 0.3) is 6.08 Å². The van der Waals surface area contributed by atoms with Gasteiger partial charge in [0, 0.05) is 16.1 Å². The van der Waals surface area contributed by atoms with Crippen molar-refractivity contribution in [1.82, 2.24) is 5.32 Å². The standard InChI is InChI=1S/C19H19Cl2NO2/c1-13-3-8-17(9-4-13)24-12-14(2)22-19(23)10-6-15-5-7-16(20)11-18(15)21/h3-11,14H,12H2,1-2H3,(H,22,23)/b10-6+/t14-/m0/s1. The smallest absolute Gasteiger partial charge is 0.244 e. The Balaban J connectivity index is 1.82. The van der Waals surface area contributed by atoms with E-state index in [4.69, 9.17) is 27.9 Å². The molecule has 2 aromatic rings. The van der Waals surface area contributed by atoms with Crippen LogP contribution in [0.5, 0.6) is 5.75 Å². The zero-order chi connectivity index (χ0) is 17.5. The molecule has 0 bridgehead atoms. The molecule has 0 fully saturated rings. The first-order valence-corrected chi connectivity index (χ1v) is 8.33. The Hall–Kier alpha value is -1.97. The van der Waals surface area contributed by atoms with Gasteiger partial charge in [0.2, 0.25) is 5.91 Å². The number of nitrogens with one attached hydrogen (secondary N) is 1. The van der Waals surface area contributed by atoms with Gasteiger partial charge in [-0.1, -0.05) is 47.0 Å². The number of hydrogen-bond donors (Lipinski definition) is 1. The minimum Gasteiger partial charge on any atom is -0.491 e. The quantitative estimate of drug-likeness (QED) is 0.741. The third-order valence-corrected chi connectivity index (χ3v) is 3.85. The van der Waals surface area contributed by atoms with Gasteiger partial charge in [0.25, 0.3) is 0 Å². The minimum atomic E-state index is -0.207. The van der Waals surface area contributed by atoms with Gasteiger partial charge in [-0.2, -0.15) is 0 Å². The van der Waals surface area contributed by atoms with Crippen LogP contribution in [0, 0.1) is 6.92 Å². The lowest BCUT2D eigenvalue weighted by Crippen LogP contribution is -2.35. The number of amides is 1. The van der Waals surface area contributed by atoms with Crippen molar-refractivity contribution < 1.29 is 9.53 Å². The molecule has 0 aliphatic heterocycles. The third-order valence-electron chi connectivity index (χ3n) is 3.29. The molecule has 126 valence electrons. The Bertz CT molecular complexity index is 727. The first-order chi connectivity index (χ1) is 11.4. The van der Waals surface area contributed by atoms with E-state index in [0.717, 1.165) is 11.3 Å². The van der Waals surface area contributed by atoms with Gasteiger partial charge in [-0.15, -0.1) is 0 Å². The molecule has 3 nitrogen and oxygen atoms in total. The molecule has 0 unspecified atom stereocenters. The van der Waals surface area contributed by atoms with Crippen LogP contribution < -0.4 is 10.1 Å². The van der Waals surface area contributed by atoms with Crippen LogP contribution in [0.3, 0.4) is 0 Å². The van der Waals surface area contributed by atoms with Crippen LogP contribution in [-0.4, -0.2) is 18.6 Å². The number of hydrogen-bond acceptors (Lipinski definition) is 2. The van der Waals surface area contributed by atoms with E-state index in [1.54, 1.807) is 24.3 Å². The Labute approximate surface area is 152 Å². The summed E-state index contributed by atoms with van der Waals surface area (Å²) in [6, 6.07) is 12.8. The highest BCUT2D eigenvalue weighted by atomic mass is 35.5. The van der Waals surface area contributed by atoms with Crippen molar-refractivity contribution in [2.45, 2.75) is 19.9 Å². The van der Waals surface area contributed by atoms with E-state index in [0.29, 0.717) is 16.7 Å². The number of carbonyl (C=O) groups is 1. The molecule has 0 saturated carbocycles. The van der Waals surface area contributed by atoms with Crippen molar-refractivity contribution in [2.24, 2.45) is 0 Å². The van der Waals surface area contributed by atoms with Gasteiger partial charge in [-0.25, -0.2) is 0 Å². The molecule has 0 aliphatic carbocycles. The van der Waals surface area contributed by atoms with E-state index in [1.807, 2.05) is 38.1 Å². The number of benzene rings is 2. The van der Waals surface area contributed by atoms with Crippen molar-refractivity contribution in [3.05, 3.63) is 69.7 Å². The zero-order valence-electron chi connectivity index (χ0n) is 13.6. The molecule has 1 atom stereocenters. The summed E-state index contributed by atoms with van der Waals surface area (Å²) in [5.74, 6) is 0.575. The highest BCUT2D eigenvalue weighted by Gasteiger charge is 2.06. The van der Waals surface area contributed by atoms with Crippen LogP contribution in [0.1, 0.15) is 18.1 Å². The molecule has 5 heteroatoms. The van der Waals surface area contributed by atoms with Crippen LogP contribution in [0.2, 0.25) is 10.0 Å². The van der Waals surface area contributed by atoms with Crippen LogP contribution in [0.15, 0.2) is 48.5 Å². The van der Waals surface area contributed by atoms with Gasteiger partial charge in [0.15, 0.2) is 0 Å². The maximum Gasteiger partial charge on any atom is 0.244 e. The van der Waals surface area contributed by atoms with E-state index >= 15 is 0 Å². The third kappa shape index (κ3) is 5.91. The lowest BCUT2D eigenvalue weighted by Gasteiger charge is -2.14. The summed E-state index contributed by atoms with van der Waals surface area (Å²) in [6.45, 7) is 4.30. The average Bonchev–Trinajstić information content (AvgIpc) is 2.53. The van der Waals surface area contributed by atoms with E-state index in [-0.39, 0.29) is 11.9 Å². The van der Waals surface area contributed by atoms with Crippen molar-refractivity contribution in [2.75, 3.05) is 6.61 Å². The number of rotatable bonds is 6. The summed E-state index contributed by atoms with van der Waals surface area (Å²) < 4.78 is 5.64. The van der Waals surface area contributed by atoms with Crippen LogP contribution >= 0.6 is 23.2 Å². The molecule has 0 aromatic heterocycles. The zero-order valence-corrected chi connectivity index (χ0v) is 15.1. The lowest BCUT2D eigenvalue weighted by molar-refractivity contribution is -0.117. The molecule has 0 aliphatic rings. The highest BCUT2D eigenvalue weighted by Crippen LogP contribution is 2.21. The molecule has 1 amide bonds. The Morgan fingerprint density at radius 3 is 2.58 bits per heavy atom. The van der Waals surface area contributed by atoms with E-state index < -0.39 is 0 Å². The predicted molar refractivity (Wildman–Crippen MR) is 99.8 cm³/mol. The SMILES string of the molecule is Cc1ccc(OC[C@H](C)NC(=O)/C=C/c2ccc(Cl)cc2Cl)cc1. The molecule has 2 rings (SSSR count). The number of aryl methyl sites for hydroxylation is 1. The lowest BCUT2D eigenvalue weighted by atomic mass is 10.2. The second-order valence-electron chi connectivity index (χ2n) is 5.53. The van der Waals surface area contributed by atoms with Gasteiger partial charge in [-0.3, -0.25) is 4.79 Å². The van der Waals surface area contributed by atoms with Crippen molar-refractivity contribution in [1.29, 1.82) is 0 Å². The largest absolute Gasteiger partial charge is 0.491 e. The Kier molecular flexibility index (Phi) is 6.71. The second-order valence-corrected chi connectivity index (χ2v) is 6.38. The summed E-state index contributed by atoms with van der Waals surface area (Å²) in [4.78, 5) is 11.9. The summed E-state index contributed by atoms with van der Waals surface area (Å²) in [5.41, 5.74) is 1.91. The van der Waals surface area contributed by atoms with Gasteiger partial charge in [0.05, 0.1) is 6.04 Å². The fourth-order valence-electron chi connectivity index (χ4n) is 1.99. The van der Waals surface area contributed by atoms with Gasteiger partial charge in [0.1, 0.15) is 12.4 Å². The number of halogens is 2.